The van der Waals surface area contributed by atoms with E-state index >= 15 is 0 Å². The summed E-state index contributed by atoms with van der Waals surface area (Å²) >= 11 is 0. The monoisotopic (exact) mass is 402 g/mol. The Balaban J connectivity index is 2.51. The Bertz CT molecular complexity index is 784. The van der Waals surface area contributed by atoms with Crippen molar-refractivity contribution in [2.75, 3.05) is 47.6 Å². The molecular formula is C22H30N2O5. The van der Waals surface area contributed by atoms with Gasteiger partial charge in [-0.1, -0.05) is 30.3 Å². The van der Waals surface area contributed by atoms with Gasteiger partial charge in [-0.25, -0.2) is 9.59 Å². The SMILES string of the molecule is CCOC(=O)C1=C(COCCN(C)C)NC(C)=C(C(=O)OC)C1c1ccccc1. The predicted molar refractivity (Wildman–Crippen MR) is 110 cm³/mol. The van der Waals surface area contributed by atoms with Gasteiger partial charge in [0.05, 0.1) is 49.7 Å². The minimum Gasteiger partial charge on any atom is -0.466 e. The lowest BCUT2D eigenvalue weighted by molar-refractivity contribution is -0.139. The third-order valence-electron chi connectivity index (χ3n) is 4.61. The summed E-state index contributed by atoms with van der Waals surface area (Å²) in [6.45, 7) is 5.25. The summed E-state index contributed by atoms with van der Waals surface area (Å²) in [6, 6.07) is 9.40. The number of esters is 2. The minimum absolute atomic E-state index is 0.205. The molecule has 2 rings (SSSR count). The van der Waals surface area contributed by atoms with Crippen LogP contribution in [0.1, 0.15) is 25.3 Å². The van der Waals surface area contributed by atoms with Crippen molar-refractivity contribution in [3.8, 4) is 0 Å². The van der Waals surface area contributed by atoms with Gasteiger partial charge in [-0.2, -0.15) is 0 Å². The molecule has 0 radical (unpaired) electrons. The van der Waals surface area contributed by atoms with Crippen LogP contribution >= 0.6 is 0 Å². The largest absolute Gasteiger partial charge is 0.466 e. The van der Waals surface area contributed by atoms with E-state index in [1.165, 1.54) is 7.11 Å². The van der Waals surface area contributed by atoms with Crippen LogP contribution in [0.3, 0.4) is 0 Å². The first-order valence-electron chi connectivity index (χ1n) is 9.64. The average molecular weight is 402 g/mol. The number of allylic oxidation sites excluding steroid dienone is 1. The minimum atomic E-state index is -0.601. The molecule has 0 saturated carbocycles. The highest BCUT2D eigenvalue weighted by molar-refractivity contribution is 5.99. The molecular weight excluding hydrogens is 372 g/mol. The molecule has 1 N–H and O–H groups in total. The summed E-state index contributed by atoms with van der Waals surface area (Å²) < 4.78 is 16.1. The fourth-order valence-electron chi connectivity index (χ4n) is 3.24. The van der Waals surface area contributed by atoms with Gasteiger partial charge in [0.25, 0.3) is 0 Å². The van der Waals surface area contributed by atoms with E-state index in [-0.39, 0.29) is 13.2 Å². The van der Waals surface area contributed by atoms with Gasteiger partial charge in [0.1, 0.15) is 0 Å². The zero-order chi connectivity index (χ0) is 21.4. The quantitative estimate of drug-likeness (QED) is 0.501. The molecule has 1 aliphatic rings. The number of methoxy groups -OCH3 is 1. The fraction of sp³-hybridized carbons (Fsp3) is 0.455. The number of ether oxygens (including phenoxy) is 3. The molecule has 7 heteroatoms. The molecule has 0 aliphatic carbocycles. The summed E-state index contributed by atoms with van der Waals surface area (Å²) in [5.41, 5.74) is 2.79. The summed E-state index contributed by atoms with van der Waals surface area (Å²) in [4.78, 5) is 27.6. The molecule has 1 aliphatic heterocycles. The smallest absolute Gasteiger partial charge is 0.336 e. The van der Waals surface area contributed by atoms with Gasteiger partial charge in [0.2, 0.25) is 0 Å². The first kappa shape index (κ1) is 22.6. The lowest BCUT2D eigenvalue weighted by atomic mass is 9.80. The van der Waals surface area contributed by atoms with E-state index in [2.05, 4.69) is 5.32 Å². The Labute approximate surface area is 172 Å². The third-order valence-corrected chi connectivity index (χ3v) is 4.61. The number of hydrogen-bond acceptors (Lipinski definition) is 7. The molecule has 0 bridgehead atoms. The van der Waals surface area contributed by atoms with E-state index in [0.717, 1.165) is 12.1 Å². The van der Waals surface area contributed by atoms with Crippen LogP contribution in [0.15, 0.2) is 52.9 Å². The lowest BCUT2D eigenvalue weighted by Gasteiger charge is -2.31. The molecule has 7 nitrogen and oxygen atoms in total. The lowest BCUT2D eigenvalue weighted by Crippen LogP contribution is -2.35. The molecule has 1 atom stereocenters. The third kappa shape index (κ3) is 5.68. The van der Waals surface area contributed by atoms with Crippen molar-refractivity contribution in [3.63, 3.8) is 0 Å². The maximum atomic E-state index is 12.9. The van der Waals surface area contributed by atoms with Gasteiger partial charge in [-0.15, -0.1) is 0 Å². The second-order valence-corrected chi connectivity index (χ2v) is 6.97. The number of dihydropyridines is 1. The van der Waals surface area contributed by atoms with Crippen molar-refractivity contribution in [1.29, 1.82) is 0 Å². The molecule has 0 aromatic heterocycles. The molecule has 0 fully saturated rings. The van der Waals surface area contributed by atoms with Crippen LogP contribution in [-0.2, 0) is 23.8 Å². The van der Waals surface area contributed by atoms with Crippen molar-refractivity contribution >= 4 is 11.9 Å². The molecule has 0 saturated heterocycles. The van der Waals surface area contributed by atoms with Crippen LogP contribution in [0.4, 0.5) is 0 Å². The van der Waals surface area contributed by atoms with Gasteiger partial charge in [0.15, 0.2) is 0 Å². The number of likely N-dealkylation sites (N-methyl/N-ethyl adjacent to an activating group) is 1. The summed E-state index contributed by atoms with van der Waals surface area (Å²) in [7, 11) is 5.26. The van der Waals surface area contributed by atoms with E-state index in [9.17, 15) is 9.59 Å². The highest BCUT2D eigenvalue weighted by Crippen LogP contribution is 2.39. The van der Waals surface area contributed by atoms with Gasteiger partial charge in [0, 0.05) is 12.2 Å². The molecule has 0 spiro atoms. The Hall–Kier alpha value is -2.64. The zero-order valence-corrected chi connectivity index (χ0v) is 17.8. The highest BCUT2D eigenvalue weighted by Gasteiger charge is 2.38. The van der Waals surface area contributed by atoms with Crippen molar-refractivity contribution in [2.45, 2.75) is 19.8 Å². The Kier molecular flexibility index (Phi) is 8.42. The number of nitrogens with zero attached hydrogens (tertiary/aromatic N) is 1. The van der Waals surface area contributed by atoms with Crippen molar-refractivity contribution in [3.05, 3.63) is 58.4 Å². The van der Waals surface area contributed by atoms with Gasteiger partial charge < -0.3 is 24.4 Å². The number of carbonyl (C=O) groups excluding carboxylic acids is 2. The normalized spacial score (nSPS) is 16.7. The number of carbonyl (C=O) groups is 2. The topological polar surface area (TPSA) is 77.1 Å². The number of nitrogens with one attached hydrogen (secondary N) is 1. The zero-order valence-electron chi connectivity index (χ0n) is 17.8. The maximum absolute atomic E-state index is 12.9. The Morgan fingerprint density at radius 1 is 1.10 bits per heavy atom. The molecule has 1 aromatic rings. The number of benzene rings is 1. The van der Waals surface area contributed by atoms with E-state index in [1.807, 2.05) is 49.3 Å². The van der Waals surface area contributed by atoms with Crippen molar-refractivity contribution in [2.24, 2.45) is 0 Å². The van der Waals surface area contributed by atoms with E-state index in [0.29, 0.717) is 29.1 Å². The van der Waals surface area contributed by atoms with E-state index in [4.69, 9.17) is 14.2 Å². The predicted octanol–water partition coefficient (Wildman–Crippen LogP) is 2.22. The highest BCUT2D eigenvalue weighted by atomic mass is 16.5. The van der Waals surface area contributed by atoms with Crippen LogP contribution in [0.2, 0.25) is 0 Å². The van der Waals surface area contributed by atoms with Gasteiger partial charge in [-0.3, -0.25) is 0 Å². The molecule has 1 aromatic carbocycles. The summed E-state index contributed by atoms with van der Waals surface area (Å²) in [6.07, 6.45) is 0. The molecule has 1 heterocycles. The summed E-state index contributed by atoms with van der Waals surface area (Å²) in [5, 5.41) is 3.18. The first-order chi connectivity index (χ1) is 13.9. The van der Waals surface area contributed by atoms with Crippen LogP contribution < -0.4 is 5.32 Å². The Morgan fingerprint density at radius 3 is 2.38 bits per heavy atom. The second kappa shape index (κ2) is 10.8. The van der Waals surface area contributed by atoms with E-state index < -0.39 is 17.9 Å². The van der Waals surface area contributed by atoms with Crippen molar-refractivity contribution in [1.82, 2.24) is 10.2 Å². The second-order valence-electron chi connectivity index (χ2n) is 6.97. The van der Waals surface area contributed by atoms with Gasteiger partial charge >= 0.3 is 11.9 Å². The van der Waals surface area contributed by atoms with Crippen LogP contribution in [0.5, 0.6) is 0 Å². The number of rotatable bonds is 9. The summed E-state index contributed by atoms with van der Waals surface area (Å²) in [5.74, 6) is -1.57. The molecule has 1 unspecified atom stereocenters. The van der Waals surface area contributed by atoms with Gasteiger partial charge in [-0.05, 0) is 33.5 Å². The standard InChI is InChI=1S/C22H30N2O5/c1-6-29-22(26)20-17(14-28-13-12-24(3)4)23-15(2)18(21(25)27-5)19(20)16-10-8-7-9-11-16/h7-11,19,23H,6,12-14H2,1-5H3. The van der Waals surface area contributed by atoms with Crippen LogP contribution in [0, 0.1) is 0 Å². The van der Waals surface area contributed by atoms with Crippen LogP contribution in [-0.4, -0.2) is 64.4 Å². The number of hydrogen-bond donors (Lipinski definition) is 1. The Morgan fingerprint density at radius 2 is 1.79 bits per heavy atom. The molecule has 29 heavy (non-hydrogen) atoms. The van der Waals surface area contributed by atoms with Crippen molar-refractivity contribution < 1.29 is 23.8 Å². The maximum Gasteiger partial charge on any atom is 0.336 e. The van der Waals surface area contributed by atoms with E-state index in [1.54, 1.807) is 13.8 Å². The fourth-order valence-corrected chi connectivity index (χ4v) is 3.24. The first-order valence-corrected chi connectivity index (χ1v) is 9.64. The average Bonchev–Trinajstić information content (AvgIpc) is 2.70. The molecule has 0 amide bonds. The van der Waals surface area contributed by atoms with Crippen LogP contribution in [0.25, 0.3) is 0 Å². The molecule has 158 valence electrons.